The van der Waals surface area contributed by atoms with E-state index in [1.165, 1.54) is 0 Å². The molecule has 0 bridgehead atoms. The van der Waals surface area contributed by atoms with Crippen LogP contribution in [0.1, 0.15) is 26.1 Å². The fourth-order valence-corrected chi connectivity index (χ4v) is 1.82. The van der Waals surface area contributed by atoms with E-state index in [1.807, 2.05) is 13.0 Å². The molecule has 2 atom stereocenters. The van der Waals surface area contributed by atoms with Gasteiger partial charge in [0.2, 0.25) is 0 Å². The lowest BCUT2D eigenvalue weighted by Crippen LogP contribution is -2.41. The Morgan fingerprint density at radius 1 is 1.60 bits per heavy atom. The topological polar surface area (TPSA) is 47.0 Å². The van der Waals surface area contributed by atoms with E-state index >= 15 is 0 Å². The normalized spacial score (nSPS) is 30.5. The van der Waals surface area contributed by atoms with E-state index in [9.17, 15) is 0 Å². The van der Waals surface area contributed by atoms with Crippen LogP contribution < -0.4 is 5.32 Å². The largest absolute Gasteiger partial charge is 0.376 e. The third kappa shape index (κ3) is 2.09. The zero-order valence-electron chi connectivity index (χ0n) is 9.45. The Morgan fingerprint density at radius 3 is 3.00 bits per heavy atom. The predicted octanol–water partition coefficient (Wildman–Crippen LogP) is 1.76. The Balaban J connectivity index is 2.14. The van der Waals surface area contributed by atoms with Gasteiger partial charge < -0.3 is 10.1 Å². The Labute approximate surface area is 90.1 Å². The van der Waals surface area contributed by atoms with Gasteiger partial charge in [-0.25, -0.2) is 9.97 Å². The summed E-state index contributed by atoms with van der Waals surface area (Å²) in [5.41, 5.74) is -0.0131. The molecule has 2 rings (SSSR count). The van der Waals surface area contributed by atoms with Crippen molar-refractivity contribution in [2.24, 2.45) is 0 Å². The number of rotatable bonds is 2. The van der Waals surface area contributed by atoms with Gasteiger partial charge in [-0.3, -0.25) is 0 Å². The first-order valence-electron chi connectivity index (χ1n) is 5.29. The van der Waals surface area contributed by atoms with E-state index in [1.54, 1.807) is 6.20 Å². The molecular weight excluding hydrogens is 190 g/mol. The van der Waals surface area contributed by atoms with E-state index in [-0.39, 0.29) is 11.6 Å². The van der Waals surface area contributed by atoms with Crippen LogP contribution in [-0.2, 0) is 4.74 Å². The molecule has 4 nitrogen and oxygen atoms in total. The highest BCUT2D eigenvalue weighted by atomic mass is 16.5. The van der Waals surface area contributed by atoms with Gasteiger partial charge in [0.15, 0.2) is 0 Å². The minimum atomic E-state index is -0.0131. The van der Waals surface area contributed by atoms with Crippen molar-refractivity contribution in [2.75, 3.05) is 11.9 Å². The molecule has 0 spiro atoms. The van der Waals surface area contributed by atoms with Crippen LogP contribution in [0.25, 0.3) is 0 Å². The first-order valence-corrected chi connectivity index (χ1v) is 5.29. The summed E-state index contributed by atoms with van der Waals surface area (Å²) >= 11 is 0. The van der Waals surface area contributed by atoms with Gasteiger partial charge in [-0.1, -0.05) is 0 Å². The molecule has 82 valence electrons. The second kappa shape index (κ2) is 3.77. The second-order valence-electron chi connectivity index (χ2n) is 4.29. The van der Waals surface area contributed by atoms with Gasteiger partial charge in [-0.05, 0) is 33.3 Å². The lowest BCUT2D eigenvalue weighted by atomic mass is 9.95. The molecule has 0 saturated carbocycles. The maximum absolute atomic E-state index is 5.56. The van der Waals surface area contributed by atoms with Crippen LogP contribution in [0.5, 0.6) is 0 Å². The van der Waals surface area contributed by atoms with Gasteiger partial charge in [0.25, 0.3) is 0 Å². The van der Waals surface area contributed by atoms with Crippen molar-refractivity contribution in [1.29, 1.82) is 0 Å². The average Bonchev–Trinajstić information content (AvgIpc) is 2.47. The van der Waals surface area contributed by atoms with Crippen LogP contribution in [0.15, 0.2) is 12.3 Å². The van der Waals surface area contributed by atoms with Crippen molar-refractivity contribution in [2.45, 2.75) is 38.8 Å². The summed E-state index contributed by atoms with van der Waals surface area (Å²) in [6.07, 6.45) is 3.00. The highest BCUT2D eigenvalue weighted by Gasteiger charge is 2.37. The third-order valence-corrected chi connectivity index (χ3v) is 3.08. The van der Waals surface area contributed by atoms with Crippen LogP contribution in [0, 0.1) is 6.92 Å². The first kappa shape index (κ1) is 10.4. The molecule has 1 aromatic heterocycles. The molecule has 2 unspecified atom stereocenters. The number of nitrogens with zero attached hydrogens (tertiary/aromatic N) is 2. The smallest absolute Gasteiger partial charge is 0.130 e. The van der Waals surface area contributed by atoms with Crippen molar-refractivity contribution in [3.63, 3.8) is 0 Å². The summed E-state index contributed by atoms with van der Waals surface area (Å²) in [5, 5.41) is 3.43. The minimum absolute atomic E-state index is 0.0131. The van der Waals surface area contributed by atoms with Crippen LogP contribution in [0.2, 0.25) is 0 Å². The van der Waals surface area contributed by atoms with Gasteiger partial charge in [0.1, 0.15) is 11.6 Å². The quantitative estimate of drug-likeness (QED) is 0.802. The molecule has 1 aliphatic heterocycles. The van der Waals surface area contributed by atoms with E-state index in [0.29, 0.717) is 0 Å². The summed E-state index contributed by atoms with van der Waals surface area (Å²) in [7, 11) is 0. The summed E-state index contributed by atoms with van der Waals surface area (Å²) in [4.78, 5) is 8.41. The lowest BCUT2D eigenvalue weighted by molar-refractivity contribution is 0.105. The number of nitrogens with one attached hydrogen (secondary N) is 1. The zero-order valence-corrected chi connectivity index (χ0v) is 9.45. The monoisotopic (exact) mass is 207 g/mol. The van der Waals surface area contributed by atoms with E-state index in [0.717, 1.165) is 24.7 Å². The van der Waals surface area contributed by atoms with Crippen LogP contribution in [0.3, 0.4) is 0 Å². The van der Waals surface area contributed by atoms with Crippen molar-refractivity contribution >= 4 is 5.82 Å². The molecule has 1 aliphatic rings. The fraction of sp³-hybridized carbons (Fsp3) is 0.636. The van der Waals surface area contributed by atoms with Gasteiger partial charge in [0.05, 0.1) is 11.6 Å². The molecule has 1 saturated heterocycles. The summed E-state index contributed by atoms with van der Waals surface area (Å²) in [6, 6.07) is 1.89. The molecule has 2 heterocycles. The van der Waals surface area contributed by atoms with E-state index in [2.05, 4.69) is 29.1 Å². The van der Waals surface area contributed by atoms with Crippen molar-refractivity contribution in [3.05, 3.63) is 18.1 Å². The summed E-state index contributed by atoms with van der Waals surface area (Å²) < 4.78 is 5.56. The molecule has 1 fully saturated rings. The maximum Gasteiger partial charge on any atom is 0.130 e. The standard InChI is InChI=1S/C11H17N3O/c1-8-11(3,5-7-15-8)14-10-4-6-12-9(2)13-10/h4,6,8H,5,7H2,1-3H3,(H,12,13,14). The predicted molar refractivity (Wildman–Crippen MR) is 58.8 cm³/mol. The molecule has 4 heteroatoms. The third-order valence-electron chi connectivity index (χ3n) is 3.08. The molecular formula is C11H17N3O. The highest BCUT2D eigenvalue weighted by Crippen LogP contribution is 2.28. The number of hydrogen-bond donors (Lipinski definition) is 1. The second-order valence-corrected chi connectivity index (χ2v) is 4.29. The number of ether oxygens (including phenoxy) is 1. The van der Waals surface area contributed by atoms with Crippen LogP contribution >= 0.6 is 0 Å². The zero-order chi connectivity index (χ0) is 10.9. The molecule has 15 heavy (non-hydrogen) atoms. The molecule has 0 aliphatic carbocycles. The van der Waals surface area contributed by atoms with Gasteiger partial charge in [0, 0.05) is 12.8 Å². The molecule has 1 aromatic rings. The SMILES string of the molecule is Cc1nccc(NC2(C)CCOC2C)n1. The Kier molecular flexibility index (Phi) is 2.61. The fourth-order valence-electron chi connectivity index (χ4n) is 1.82. The number of aromatic nitrogens is 2. The summed E-state index contributed by atoms with van der Waals surface area (Å²) in [6.45, 7) is 6.97. The van der Waals surface area contributed by atoms with Gasteiger partial charge in [-0.15, -0.1) is 0 Å². The van der Waals surface area contributed by atoms with Crippen LogP contribution in [0.4, 0.5) is 5.82 Å². The Morgan fingerprint density at radius 2 is 2.40 bits per heavy atom. The molecule has 1 N–H and O–H groups in total. The van der Waals surface area contributed by atoms with Crippen molar-refractivity contribution < 1.29 is 4.74 Å². The van der Waals surface area contributed by atoms with E-state index < -0.39 is 0 Å². The number of aryl methyl sites for hydroxylation is 1. The molecule has 0 amide bonds. The summed E-state index contributed by atoms with van der Waals surface area (Å²) in [5.74, 6) is 1.66. The number of hydrogen-bond acceptors (Lipinski definition) is 4. The number of anilines is 1. The van der Waals surface area contributed by atoms with Gasteiger partial charge >= 0.3 is 0 Å². The Hall–Kier alpha value is -1.16. The van der Waals surface area contributed by atoms with Crippen molar-refractivity contribution in [1.82, 2.24) is 9.97 Å². The van der Waals surface area contributed by atoms with Crippen LogP contribution in [-0.4, -0.2) is 28.2 Å². The average molecular weight is 207 g/mol. The first-order chi connectivity index (χ1) is 7.10. The van der Waals surface area contributed by atoms with Crippen molar-refractivity contribution in [3.8, 4) is 0 Å². The maximum atomic E-state index is 5.56. The molecule has 0 aromatic carbocycles. The van der Waals surface area contributed by atoms with E-state index in [4.69, 9.17) is 4.74 Å². The minimum Gasteiger partial charge on any atom is -0.376 e. The Bertz CT molecular complexity index is 355. The lowest BCUT2D eigenvalue weighted by Gasteiger charge is -2.29. The molecule has 0 radical (unpaired) electrons. The van der Waals surface area contributed by atoms with Gasteiger partial charge in [-0.2, -0.15) is 0 Å². The highest BCUT2D eigenvalue weighted by molar-refractivity contribution is 5.37.